The van der Waals surface area contributed by atoms with Crippen molar-refractivity contribution in [3.8, 4) is 0 Å². The van der Waals surface area contributed by atoms with Crippen LogP contribution in [0.4, 0.5) is 5.69 Å². The van der Waals surface area contributed by atoms with Gasteiger partial charge in [0.25, 0.3) is 0 Å². The van der Waals surface area contributed by atoms with E-state index in [0.29, 0.717) is 5.69 Å². The molecule has 3 aromatic rings. The third-order valence-electron chi connectivity index (χ3n) is 3.31. The molecule has 0 spiro atoms. The minimum atomic E-state index is -0.689. The molecule has 0 saturated carbocycles. The number of nitrogens with two attached hydrogens (primary N) is 1. The lowest BCUT2D eigenvalue weighted by molar-refractivity contribution is -0.117. The van der Waals surface area contributed by atoms with Crippen molar-refractivity contribution in [1.82, 2.24) is 9.97 Å². The number of hydrogen-bond acceptors (Lipinski definition) is 3. The van der Waals surface area contributed by atoms with Crippen molar-refractivity contribution in [2.45, 2.75) is 13.0 Å². The zero-order valence-corrected chi connectivity index (χ0v) is 11.6. The van der Waals surface area contributed by atoms with Crippen LogP contribution in [0.2, 0.25) is 0 Å². The van der Waals surface area contributed by atoms with Gasteiger partial charge in [0, 0.05) is 5.69 Å². The second kappa shape index (κ2) is 5.38. The van der Waals surface area contributed by atoms with Crippen molar-refractivity contribution in [2.75, 3.05) is 5.32 Å². The molecule has 0 unspecified atom stereocenters. The molecule has 0 aliphatic carbocycles. The molecule has 1 heterocycles. The lowest BCUT2D eigenvalue weighted by Crippen LogP contribution is -2.27. The Morgan fingerprint density at radius 3 is 2.76 bits per heavy atom. The molecule has 21 heavy (non-hydrogen) atoms. The van der Waals surface area contributed by atoms with E-state index in [1.807, 2.05) is 55.5 Å². The summed E-state index contributed by atoms with van der Waals surface area (Å²) in [4.78, 5) is 19.7. The largest absolute Gasteiger partial charge is 0.342 e. The van der Waals surface area contributed by atoms with E-state index in [4.69, 9.17) is 5.73 Å². The van der Waals surface area contributed by atoms with Crippen LogP contribution in [0.1, 0.15) is 17.4 Å². The van der Waals surface area contributed by atoms with Gasteiger partial charge in [-0.15, -0.1) is 0 Å². The van der Waals surface area contributed by atoms with Gasteiger partial charge in [-0.25, -0.2) is 4.98 Å². The second-order valence-corrected chi connectivity index (χ2v) is 4.93. The predicted octanol–water partition coefficient (Wildman–Crippen LogP) is 2.51. The second-order valence-electron chi connectivity index (χ2n) is 4.93. The first-order chi connectivity index (χ1) is 10.1. The molecule has 0 fully saturated rings. The van der Waals surface area contributed by atoms with E-state index in [9.17, 15) is 4.79 Å². The zero-order valence-electron chi connectivity index (χ0n) is 11.6. The summed E-state index contributed by atoms with van der Waals surface area (Å²) in [6, 6.07) is 14.1. The van der Waals surface area contributed by atoms with Gasteiger partial charge in [-0.2, -0.15) is 0 Å². The van der Waals surface area contributed by atoms with Gasteiger partial charge in [0.05, 0.1) is 11.0 Å². The number of H-pyrrole nitrogens is 1. The number of aromatic amines is 1. The summed E-state index contributed by atoms with van der Waals surface area (Å²) in [7, 11) is 0. The van der Waals surface area contributed by atoms with Crippen LogP contribution in [0.3, 0.4) is 0 Å². The molecule has 106 valence electrons. The number of aryl methyl sites for hydroxylation is 1. The minimum absolute atomic E-state index is 0.239. The molecule has 0 aliphatic rings. The van der Waals surface area contributed by atoms with Crippen molar-refractivity contribution in [3.05, 3.63) is 59.9 Å². The van der Waals surface area contributed by atoms with Crippen LogP contribution >= 0.6 is 0 Å². The summed E-state index contributed by atoms with van der Waals surface area (Å²) < 4.78 is 0. The van der Waals surface area contributed by atoms with E-state index in [1.165, 1.54) is 0 Å². The Bertz CT molecular complexity index is 779. The average molecular weight is 280 g/mol. The predicted molar refractivity (Wildman–Crippen MR) is 82.8 cm³/mol. The van der Waals surface area contributed by atoms with Gasteiger partial charge in [0.2, 0.25) is 5.91 Å². The molecule has 1 aromatic heterocycles. The van der Waals surface area contributed by atoms with Crippen molar-refractivity contribution in [3.63, 3.8) is 0 Å². The molecular formula is C16H16N4O. The molecule has 3 rings (SSSR count). The number of amides is 1. The molecule has 5 nitrogen and oxygen atoms in total. The summed E-state index contributed by atoms with van der Waals surface area (Å²) >= 11 is 0. The number of anilines is 1. The van der Waals surface area contributed by atoms with Gasteiger partial charge < -0.3 is 16.0 Å². The molecule has 0 aliphatic heterocycles. The molecule has 5 heteroatoms. The van der Waals surface area contributed by atoms with Crippen molar-refractivity contribution < 1.29 is 4.79 Å². The van der Waals surface area contributed by atoms with E-state index in [0.717, 1.165) is 22.4 Å². The fraction of sp³-hybridized carbons (Fsp3) is 0.125. The van der Waals surface area contributed by atoms with Gasteiger partial charge in [-0.3, -0.25) is 4.79 Å². The smallest absolute Gasteiger partial charge is 0.245 e. The van der Waals surface area contributed by atoms with Gasteiger partial charge in [-0.05, 0) is 30.7 Å². The lowest BCUT2D eigenvalue weighted by atomic mass is 10.1. The first-order valence-electron chi connectivity index (χ1n) is 6.71. The molecule has 4 N–H and O–H groups in total. The van der Waals surface area contributed by atoms with E-state index < -0.39 is 6.04 Å². The number of carbonyl (C=O) groups excluding carboxylic acids is 1. The fourth-order valence-corrected chi connectivity index (χ4v) is 2.25. The zero-order chi connectivity index (χ0) is 14.8. The van der Waals surface area contributed by atoms with Crippen LogP contribution in [0.15, 0.2) is 48.5 Å². The Labute approximate surface area is 122 Å². The number of rotatable bonds is 3. The molecule has 0 bridgehead atoms. The highest BCUT2D eigenvalue weighted by Gasteiger charge is 2.15. The van der Waals surface area contributed by atoms with Crippen LogP contribution in [0, 0.1) is 6.92 Å². The number of nitrogens with one attached hydrogen (secondary N) is 2. The molecule has 0 radical (unpaired) electrons. The summed E-state index contributed by atoms with van der Waals surface area (Å²) in [5.74, 6) is 0.603. The van der Waals surface area contributed by atoms with E-state index in [2.05, 4.69) is 15.3 Å². The number of benzene rings is 2. The normalized spacial score (nSPS) is 12.3. The topological polar surface area (TPSA) is 83.8 Å². The lowest BCUT2D eigenvalue weighted by Gasteiger charge is -2.12. The first kappa shape index (κ1) is 13.3. The van der Waals surface area contributed by atoms with E-state index in [-0.39, 0.29) is 5.91 Å². The molecular weight excluding hydrogens is 264 g/mol. The molecule has 0 saturated heterocycles. The van der Waals surface area contributed by atoms with Crippen molar-refractivity contribution >= 4 is 22.6 Å². The standard InChI is InChI=1S/C16H16N4O/c1-10-18-13-8-7-12(9-14(13)19-10)20-16(21)15(17)11-5-3-2-4-6-11/h2-9,15H,17H2,1H3,(H,18,19)(H,20,21)/t15-/m1/s1. The third-order valence-corrected chi connectivity index (χ3v) is 3.31. The Morgan fingerprint density at radius 2 is 2.00 bits per heavy atom. The summed E-state index contributed by atoms with van der Waals surface area (Å²) in [5, 5.41) is 2.83. The van der Waals surface area contributed by atoms with Crippen LogP contribution in [-0.4, -0.2) is 15.9 Å². The summed E-state index contributed by atoms with van der Waals surface area (Å²) in [6.07, 6.45) is 0. The average Bonchev–Trinajstić information content (AvgIpc) is 2.86. The maximum absolute atomic E-state index is 12.2. The summed E-state index contributed by atoms with van der Waals surface area (Å²) in [5.41, 5.74) is 9.21. The van der Waals surface area contributed by atoms with Gasteiger partial charge in [-0.1, -0.05) is 30.3 Å². The van der Waals surface area contributed by atoms with E-state index in [1.54, 1.807) is 0 Å². The molecule has 2 aromatic carbocycles. The Morgan fingerprint density at radius 1 is 1.24 bits per heavy atom. The van der Waals surface area contributed by atoms with Crippen molar-refractivity contribution in [1.29, 1.82) is 0 Å². The monoisotopic (exact) mass is 280 g/mol. The quantitative estimate of drug-likeness (QED) is 0.689. The Hall–Kier alpha value is -2.66. The number of aromatic nitrogens is 2. The number of fused-ring (bicyclic) bond motifs is 1. The van der Waals surface area contributed by atoms with Crippen LogP contribution < -0.4 is 11.1 Å². The fourth-order valence-electron chi connectivity index (χ4n) is 2.25. The molecule has 1 amide bonds. The van der Waals surface area contributed by atoms with Crippen molar-refractivity contribution in [2.24, 2.45) is 5.73 Å². The maximum atomic E-state index is 12.2. The Balaban J connectivity index is 1.79. The van der Waals surface area contributed by atoms with Crippen LogP contribution in [0.25, 0.3) is 11.0 Å². The van der Waals surface area contributed by atoms with Gasteiger partial charge in [0.1, 0.15) is 11.9 Å². The maximum Gasteiger partial charge on any atom is 0.245 e. The first-order valence-corrected chi connectivity index (χ1v) is 6.71. The summed E-state index contributed by atoms with van der Waals surface area (Å²) in [6.45, 7) is 1.89. The van der Waals surface area contributed by atoms with Crippen LogP contribution in [0.5, 0.6) is 0 Å². The highest BCUT2D eigenvalue weighted by molar-refractivity contribution is 5.96. The number of hydrogen-bond donors (Lipinski definition) is 3. The number of carbonyl (C=O) groups is 1. The van der Waals surface area contributed by atoms with Gasteiger partial charge >= 0.3 is 0 Å². The van der Waals surface area contributed by atoms with Crippen LogP contribution in [-0.2, 0) is 4.79 Å². The molecule has 1 atom stereocenters. The highest BCUT2D eigenvalue weighted by atomic mass is 16.2. The third kappa shape index (κ3) is 2.78. The highest BCUT2D eigenvalue weighted by Crippen LogP contribution is 2.19. The number of nitrogens with zero attached hydrogens (tertiary/aromatic N) is 1. The van der Waals surface area contributed by atoms with E-state index >= 15 is 0 Å². The van der Waals surface area contributed by atoms with Gasteiger partial charge in [0.15, 0.2) is 0 Å². The SMILES string of the molecule is Cc1nc2ccc(NC(=O)[C@H](N)c3ccccc3)cc2[nH]1. The minimum Gasteiger partial charge on any atom is -0.342 e. The number of imidazole rings is 1. The Kier molecular flexibility index (Phi) is 3.41.